The molecule has 0 atom stereocenters. The van der Waals surface area contributed by atoms with Crippen LogP contribution in [0.5, 0.6) is 11.5 Å². The average molecular weight is 415 g/mol. The van der Waals surface area contributed by atoms with Crippen molar-refractivity contribution in [3.05, 3.63) is 89.0 Å². The van der Waals surface area contributed by atoms with Crippen LogP contribution in [0.2, 0.25) is 0 Å². The molecule has 0 fully saturated rings. The van der Waals surface area contributed by atoms with Crippen molar-refractivity contribution >= 4 is 17.8 Å². The summed E-state index contributed by atoms with van der Waals surface area (Å²) in [6.07, 6.45) is 1.62. The summed E-state index contributed by atoms with van der Waals surface area (Å²) in [4.78, 5) is 14.8. The number of fused-ring (bicyclic) bond motifs is 1. The standard InChI is InChI=1S/C25H25N3O3/c1-3-31-24-10-4-18(5-11-24)15-26-27-25(29)19-6-7-20-16-28(17-21(20)14-19)22-8-12-23(30-2)13-9-22/h4-15H,3,16-17H2,1-2H3,(H,27,29). The first kappa shape index (κ1) is 20.5. The lowest BCUT2D eigenvalue weighted by Crippen LogP contribution is -2.17. The Labute approximate surface area is 182 Å². The molecule has 6 nitrogen and oxygen atoms in total. The van der Waals surface area contributed by atoms with Gasteiger partial charge < -0.3 is 14.4 Å². The molecule has 0 unspecified atom stereocenters. The number of ether oxygens (including phenoxy) is 2. The van der Waals surface area contributed by atoms with Crippen LogP contribution in [0.3, 0.4) is 0 Å². The summed E-state index contributed by atoms with van der Waals surface area (Å²) in [7, 11) is 1.66. The molecule has 158 valence electrons. The topological polar surface area (TPSA) is 63.2 Å². The number of benzene rings is 3. The van der Waals surface area contributed by atoms with Crippen LogP contribution in [0.4, 0.5) is 5.69 Å². The Morgan fingerprint density at radius 2 is 1.71 bits per heavy atom. The van der Waals surface area contributed by atoms with Gasteiger partial charge in [0.05, 0.1) is 19.9 Å². The molecule has 0 bridgehead atoms. The van der Waals surface area contributed by atoms with E-state index in [0.29, 0.717) is 12.2 Å². The first-order valence-corrected chi connectivity index (χ1v) is 10.2. The number of hydrogen-bond acceptors (Lipinski definition) is 5. The Balaban J connectivity index is 1.37. The Hall–Kier alpha value is -3.80. The summed E-state index contributed by atoms with van der Waals surface area (Å²) in [5.41, 5.74) is 7.59. The van der Waals surface area contributed by atoms with Gasteiger partial charge in [-0.3, -0.25) is 4.79 Å². The Kier molecular flexibility index (Phi) is 6.17. The summed E-state index contributed by atoms with van der Waals surface area (Å²) in [6.45, 7) is 4.15. The van der Waals surface area contributed by atoms with Gasteiger partial charge in [0.25, 0.3) is 5.91 Å². The van der Waals surface area contributed by atoms with Crippen molar-refractivity contribution in [3.63, 3.8) is 0 Å². The van der Waals surface area contributed by atoms with Crippen molar-refractivity contribution in [2.45, 2.75) is 20.0 Å². The van der Waals surface area contributed by atoms with E-state index in [1.54, 1.807) is 13.3 Å². The van der Waals surface area contributed by atoms with E-state index >= 15 is 0 Å². The normalized spacial score (nSPS) is 12.6. The van der Waals surface area contributed by atoms with E-state index in [9.17, 15) is 4.79 Å². The van der Waals surface area contributed by atoms with Crippen LogP contribution >= 0.6 is 0 Å². The van der Waals surface area contributed by atoms with E-state index in [-0.39, 0.29) is 5.91 Å². The molecule has 1 aliphatic heterocycles. The Morgan fingerprint density at radius 1 is 1.00 bits per heavy atom. The van der Waals surface area contributed by atoms with Crippen LogP contribution < -0.4 is 19.8 Å². The van der Waals surface area contributed by atoms with Crippen molar-refractivity contribution in [1.82, 2.24) is 5.43 Å². The van der Waals surface area contributed by atoms with Crippen LogP contribution in [0.15, 0.2) is 71.8 Å². The van der Waals surface area contributed by atoms with Crippen LogP contribution in [-0.2, 0) is 13.1 Å². The molecule has 0 saturated heterocycles. The maximum Gasteiger partial charge on any atom is 0.271 e. The van der Waals surface area contributed by atoms with E-state index in [1.807, 2.05) is 73.7 Å². The number of methoxy groups -OCH3 is 1. The van der Waals surface area contributed by atoms with E-state index in [4.69, 9.17) is 9.47 Å². The molecule has 4 rings (SSSR count). The minimum atomic E-state index is -0.229. The molecule has 0 aliphatic carbocycles. The fraction of sp³-hybridized carbons (Fsp3) is 0.200. The third kappa shape index (κ3) is 4.86. The van der Waals surface area contributed by atoms with Gasteiger partial charge >= 0.3 is 0 Å². The van der Waals surface area contributed by atoms with Gasteiger partial charge in [0.1, 0.15) is 11.5 Å². The van der Waals surface area contributed by atoms with E-state index < -0.39 is 0 Å². The van der Waals surface area contributed by atoms with Crippen LogP contribution in [0.1, 0.15) is 34.0 Å². The number of hydrazone groups is 1. The lowest BCUT2D eigenvalue weighted by molar-refractivity contribution is 0.0955. The van der Waals surface area contributed by atoms with E-state index in [1.165, 1.54) is 5.56 Å². The zero-order valence-electron chi connectivity index (χ0n) is 17.7. The molecule has 1 heterocycles. The predicted molar refractivity (Wildman–Crippen MR) is 122 cm³/mol. The minimum Gasteiger partial charge on any atom is -0.497 e. The highest BCUT2D eigenvalue weighted by Gasteiger charge is 2.20. The Morgan fingerprint density at radius 3 is 2.42 bits per heavy atom. The zero-order chi connectivity index (χ0) is 21.6. The third-order valence-corrected chi connectivity index (χ3v) is 5.20. The van der Waals surface area contributed by atoms with Crippen molar-refractivity contribution in [1.29, 1.82) is 0 Å². The van der Waals surface area contributed by atoms with Crippen molar-refractivity contribution in [2.75, 3.05) is 18.6 Å². The van der Waals surface area contributed by atoms with Gasteiger partial charge in [-0.15, -0.1) is 0 Å². The third-order valence-electron chi connectivity index (χ3n) is 5.20. The zero-order valence-corrected chi connectivity index (χ0v) is 17.7. The second-order valence-electron chi connectivity index (χ2n) is 7.24. The van der Waals surface area contributed by atoms with Crippen LogP contribution in [0.25, 0.3) is 0 Å². The molecular weight excluding hydrogens is 390 g/mol. The van der Waals surface area contributed by atoms with Gasteiger partial charge in [-0.05, 0) is 84.3 Å². The van der Waals surface area contributed by atoms with Crippen molar-refractivity contribution in [2.24, 2.45) is 5.10 Å². The fourth-order valence-electron chi connectivity index (χ4n) is 3.56. The van der Waals surface area contributed by atoms with Crippen LogP contribution in [0, 0.1) is 0 Å². The van der Waals surface area contributed by atoms with Gasteiger partial charge in [-0.2, -0.15) is 5.10 Å². The van der Waals surface area contributed by atoms with Gasteiger partial charge in [0.2, 0.25) is 0 Å². The summed E-state index contributed by atoms with van der Waals surface area (Å²) in [5, 5.41) is 4.08. The first-order valence-electron chi connectivity index (χ1n) is 10.2. The molecule has 0 saturated carbocycles. The second-order valence-corrected chi connectivity index (χ2v) is 7.24. The summed E-state index contributed by atoms with van der Waals surface area (Å²) >= 11 is 0. The number of anilines is 1. The number of rotatable bonds is 7. The summed E-state index contributed by atoms with van der Waals surface area (Å²) in [6, 6.07) is 21.4. The van der Waals surface area contributed by atoms with Crippen molar-refractivity contribution < 1.29 is 14.3 Å². The lowest BCUT2D eigenvalue weighted by Gasteiger charge is -2.17. The number of nitrogens with one attached hydrogen (secondary N) is 1. The van der Waals surface area contributed by atoms with E-state index in [0.717, 1.165) is 41.4 Å². The van der Waals surface area contributed by atoms with Gasteiger partial charge in [-0.25, -0.2) is 5.43 Å². The molecule has 1 amide bonds. The molecule has 31 heavy (non-hydrogen) atoms. The molecule has 6 heteroatoms. The monoisotopic (exact) mass is 415 g/mol. The summed E-state index contributed by atoms with van der Waals surface area (Å²) in [5.74, 6) is 1.42. The minimum absolute atomic E-state index is 0.229. The number of nitrogens with zero attached hydrogens (tertiary/aromatic N) is 2. The molecule has 3 aromatic rings. The highest BCUT2D eigenvalue weighted by Crippen LogP contribution is 2.30. The van der Waals surface area contributed by atoms with Gasteiger partial charge in [0.15, 0.2) is 0 Å². The number of amides is 1. The predicted octanol–water partition coefficient (Wildman–Crippen LogP) is 4.38. The maximum absolute atomic E-state index is 12.5. The van der Waals surface area contributed by atoms with Gasteiger partial charge in [-0.1, -0.05) is 6.07 Å². The highest BCUT2D eigenvalue weighted by atomic mass is 16.5. The first-order chi connectivity index (χ1) is 15.2. The fourth-order valence-corrected chi connectivity index (χ4v) is 3.56. The molecule has 0 aromatic heterocycles. The molecular formula is C25H25N3O3. The molecule has 3 aromatic carbocycles. The molecule has 0 radical (unpaired) electrons. The van der Waals surface area contributed by atoms with E-state index in [2.05, 4.69) is 15.4 Å². The second kappa shape index (κ2) is 9.34. The molecule has 1 aliphatic rings. The highest BCUT2D eigenvalue weighted by molar-refractivity contribution is 5.95. The number of carbonyl (C=O) groups is 1. The van der Waals surface area contributed by atoms with Crippen LogP contribution in [-0.4, -0.2) is 25.8 Å². The quantitative estimate of drug-likeness (QED) is 0.460. The Bertz CT molecular complexity index is 1080. The largest absolute Gasteiger partial charge is 0.497 e. The summed E-state index contributed by atoms with van der Waals surface area (Å²) < 4.78 is 10.7. The SMILES string of the molecule is CCOc1ccc(C=NNC(=O)c2ccc3c(c2)CN(c2ccc(OC)cc2)C3)cc1. The number of hydrogen-bond donors (Lipinski definition) is 1. The average Bonchev–Trinajstić information content (AvgIpc) is 3.24. The molecule has 1 N–H and O–H groups in total. The maximum atomic E-state index is 12.5. The lowest BCUT2D eigenvalue weighted by atomic mass is 10.1. The van der Waals surface area contributed by atoms with Gasteiger partial charge in [0, 0.05) is 24.3 Å². The molecule has 0 spiro atoms. The smallest absolute Gasteiger partial charge is 0.271 e. The van der Waals surface area contributed by atoms with Crippen molar-refractivity contribution in [3.8, 4) is 11.5 Å². The number of carbonyl (C=O) groups excluding carboxylic acids is 1.